The van der Waals surface area contributed by atoms with Gasteiger partial charge in [0.05, 0.1) is 53.1 Å². The molecule has 0 aliphatic rings. The molecule has 2 aromatic rings. The van der Waals surface area contributed by atoms with E-state index in [1.165, 1.54) is 0 Å². The van der Waals surface area contributed by atoms with E-state index >= 15 is 0 Å². The first-order valence-corrected chi connectivity index (χ1v) is 17.0. The third-order valence-electron chi connectivity index (χ3n) is 9.02. The predicted molar refractivity (Wildman–Crippen MR) is 184 cm³/mol. The van der Waals surface area contributed by atoms with Crippen LogP contribution >= 0.6 is 0 Å². The number of hydrogen-bond donors (Lipinski definition) is 0. The smallest absolute Gasteiger partial charge is 0.217 e. The van der Waals surface area contributed by atoms with Crippen molar-refractivity contribution in [2.75, 3.05) is 41.7 Å². The van der Waals surface area contributed by atoms with Gasteiger partial charge in [0.25, 0.3) is 0 Å². The molecule has 2 rings (SSSR count). The lowest BCUT2D eigenvalue weighted by Crippen LogP contribution is -2.34. The van der Waals surface area contributed by atoms with Crippen LogP contribution in [-0.2, 0) is 11.8 Å². The maximum absolute atomic E-state index is 12.3. The van der Waals surface area contributed by atoms with Crippen LogP contribution in [0.5, 0.6) is 34.5 Å². The second-order valence-corrected chi connectivity index (χ2v) is 12.0. The van der Waals surface area contributed by atoms with Crippen LogP contribution in [0.2, 0.25) is 0 Å². The van der Waals surface area contributed by atoms with Crippen molar-refractivity contribution in [3.8, 4) is 40.6 Å². The summed E-state index contributed by atoms with van der Waals surface area (Å²) in [5.74, 6) is 2.79. The Morgan fingerprint density at radius 3 is 1.98 bits per heavy atom. The zero-order chi connectivity index (χ0) is 34.8. The summed E-state index contributed by atoms with van der Waals surface area (Å²) in [6.45, 7) is 9.32. The van der Waals surface area contributed by atoms with Crippen molar-refractivity contribution in [2.45, 2.75) is 110 Å². The van der Waals surface area contributed by atoms with Crippen molar-refractivity contribution in [1.82, 2.24) is 0 Å². The summed E-state index contributed by atoms with van der Waals surface area (Å²) in [7, 11) is 6.23. The topological polar surface area (TPSA) is 122 Å². The number of ether oxygens (including phenoxy) is 6. The van der Waals surface area contributed by atoms with Gasteiger partial charge < -0.3 is 28.4 Å². The van der Waals surface area contributed by atoms with E-state index in [4.69, 9.17) is 28.4 Å². The fraction of sp³-hybridized carbons (Fsp3) is 0.649. The molecule has 10 heteroatoms. The van der Waals surface area contributed by atoms with Crippen LogP contribution in [0, 0.1) is 27.4 Å². The molecule has 262 valence electrons. The Hall–Kier alpha value is -3.87. The number of nitro groups is 1. The third kappa shape index (κ3) is 10.3. The average molecular weight is 657 g/mol. The van der Waals surface area contributed by atoms with Crippen LogP contribution in [0.1, 0.15) is 103 Å². The van der Waals surface area contributed by atoms with E-state index in [1.807, 2.05) is 12.1 Å². The molecular formula is C37H56N2O8. The maximum atomic E-state index is 12.3. The molecule has 0 aliphatic heterocycles. The van der Waals surface area contributed by atoms with Gasteiger partial charge >= 0.3 is 0 Å². The minimum absolute atomic E-state index is 0.101. The van der Waals surface area contributed by atoms with Crippen LogP contribution < -0.4 is 28.4 Å². The third-order valence-corrected chi connectivity index (χ3v) is 9.02. The largest absolute Gasteiger partial charge is 0.493 e. The predicted octanol–water partition coefficient (Wildman–Crippen LogP) is 8.72. The first kappa shape index (κ1) is 39.3. The molecule has 0 N–H and O–H groups in total. The number of unbranched alkanes of at least 4 members (excludes halogenated alkanes) is 4. The summed E-state index contributed by atoms with van der Waals surface area (Å²) in [5, 5.41) is 23.3. The Morgan fingerprint density at radius 2 is 1.45 bits per heavy atom. The molecule has 47 heavy (non-hydrogen) atoms. The number of nitriles is 1. The second kappa shape index (κ2) is 20.4. The molecule has 0 saturated heterocycles. The molecule has 0 heterocycles. The maximum Gasteiger partial charge on any atom is 0.217 e. The molecule has 0 aliphatic carbocycles. The lowest BCUT2D eigenvalue weighted by atomic mass is 9.67. The van der Waals surface area contributed by atoms with E-state index in [-0.39, 0.29) is 17.3 Å². The standard InChI is InChI=1S/C37H56N2O8/c1-9-12-14-21-46-33-25-30(34(47-22-15-13-10-2)36(45-8)35(33)44-7)37(26-38,27(4)11-3)20-16-17-29(39(40)41)23-28-18-19-31(42-5)32(24-28)43-6/h18-19,24-25,27,29H,9-17,20-23H2,1-8H3. The summed E-state index contributed by atoms with van der Waals surface area (Å²) in [6.07, 6.45) is 7.94. The van der Waals surface area contributed by atoms with Gasteiger partial charge in [-0.3, -0.25) is 10.1 Å². The highest BCUT2D eigenvalue weighted by Gasteiger charge is 2.43. The van der Waals surface area contributed by atoms with E-state index in [0.717, 1.165) is 44.1 Å². The minimum Gasteiger partial charge on any atom is -0.493 e. The van der Waals surface area contributed by atoms with Crippen LogP contribution in [0.15, 0.2) is 24.3 Å². The Labute approximate surface area is 281 Å². The number of rotatable bonds is 24. The summed E-state index contributed by atoms with van der Waals surface area (Å²) >= 11 is 0. The molecule has 0 bridgehead atoms. The molecule has 0 radical (unpaired) electrons. The fourth-order valence-corrected chi connectivity index (χ4v) is 6.02. The summed E-state index contributed by atoms with van der Waals surface area (Å²) in [6, 6.07) is 9.07. The molecule has 0 saturated carbocycles. The molecule has 10 nitrogen and oxygen atoms in total. The van der Waals surface area contributed by atoms with Crippen LogP contribution in [0.25, 0.3) is 0 Å². The number of benzene rings is 2. The quantitative estimate of drug-likeness (QED) is 0.0620. The van der Waals surface area contributed by atoms with Gasteiger partial charge in [0.15, 0.2) is 23.0 Å². The Kier molecular flexibility index (Phi) is 17.0. The second-order valence-electron chi connectivity index (χ2n) is 12.0. The zero-order valence-corrected chi connectivity index (χ0v) is 29.8. The van der Waals surface area contributed by atoms with Gasteiger partial charge in [-0.15, -0.1) is 0 Å². The highest BCUT2D eigenvalue weighted by atomic mass is 16.6. The lowest BCUT2D eigenvalue weighted by Gasteiger charge is -2.35. The first-order valence-electron chi connectivity index (χ1n) is 17.0. The normalized spacial score (nSPS) is 13.5. The number of nitrogens with zero attached hydrogens (tertiary/aromatic N) is 2. The van der Waals surface area contributed by atoms with Crippen molar-refractivity contribution in [2.24, 2.45) is 5.92 Å². The van der Waals surface area contributed by atoms with Crippen molar-refractivity contribution in [1.29, 1.82) is 5.26 Å². The SMILES string of the molecule is CCCCCOc1cc(C(C#N)(CCCC(Cc2ccc(OC)c(OC)c2)[N+](=O)[O-])C(C)CC)c(OCCCCC)c(OC)c1OC. The molecular weight excluding hydrogens is 600 g/mol. The lowest BCUT2D eigenvalue weighted by molar-refractivity contribution is -0.523. The molecule has 2 aromatic carbocycles. The monoisotopic (exact) mass is 656 g/mol. The van der Waals surface area contributed by atoms with E-state index < -0.39 is 11.5 Å². The van der Waals surface area contributed by atoms with Crippen LogP contribution in [0.3, 0.4) is 0 Å². The number of hydrogen-bond acceptors (Lipinski definition) is 9. The highest BCUT2D eigenvalue weighted by Crippen LogP contribution is 2.53. The van der Waals surface area contributed by atoms with Gasteiger partial charge in [-0.25, -0.2) is 0 Å². The zero-order valence-electron chi connectivity index (χ0n) is 29.8. The van der Waals surface area contributed by atoms with Crippen molar-refractivity contribution < 1.29 is 33.3 Å². The summed E-state index contributed by atoms with van der Waals surface area (Å²) in [5.41, 5.74) is 0.428. The van der Waals surface area contributed by atoms with Crippen molar-refractivity contribution in [3.05, 3.63) is 45.5 Å². The highest BCUT2D eigenvalue weighted by molar-refractivity contribution is 5.65. The molecule has 0 aromatic heterocycles. The Bertz CT molecular complexity index is 1290. The van der Waals surface area contributed by atoms with Gasteiger partial charge in [0, 0.05) is 23.3 Å². The average Bonchev–Trinajstić information content (AvgIpc) is 3.09. The molecule has 3 atom stereocenters. The van der Waals surface area contributed by atoms with Gasteiger partial charge in [-0.2, -0.15) is 5.26 Å². The Morgan fingerprint density at radius 1 is 0.809 bits per heavy atom. The molecule has 3 unspecified atom stereocenters. The first-order chi connectivity index (χ1) is 22.7. The van der Waals surface area contributed by atoms with Crippen molar-refractivity contribution >= 4 is 0 Å². The van der Waals surface area contributed by atoms with Gasteiger partial charge in [0.1, 0.15) is 0 Å². The summed E-state index contributed by atoms with van der Waals surface area (Å²) < 4.78 is 35.2. The minimum atomic E-state index is -1.03. The van der Waals surface area contributed by atoms with Gasteiger partial charge in [-0.05, 0) is 55.4 Å². The van der Waals surface area contributed by atoms with Crippen LogP contribution in [-0.4, -0.2) is 52.6 Å². The van der Waals surface area contributed by atoms with Gasteiger partial charge in [0.2, 0.25) is 17.5 Å². The van der Waals surface area contributed by atoms with E-state index in [1.54, 1.807) is 40.6 Å². The van der Waals surface area contributed by atoms with E-state index in [0.29, 0.717) is 79.0 Å². The fourth-order valence-electron chi connectivity index (χ4n) is 6.02. The molecule has 0 amide bonds. The van der Waals surface area contributed by atoms with Gasteiger partial charge in [-0.1, -0.05) is 65.9 Å². The van der Waals surface area contributed by atoms with E-state index in [2.05, 4.69) is 33.8 Å². The summed E-state index contributed by atoms with van der Waals surface area (Å²) in [4.78, 5) is 12.0. The molecule has 0 spiro atoms. The van der Waals surface area contributed by atoms with Crippen LogP contribution in [0.4, 0.5) is 0 Å². The Balaban J connectivity index is 2.57. The van der Waals surface area contributed by atoms with Crippen molar-refractivity contribution in [3.63, 3.8) is 0 Å². The number of methoxy groups -OCH3 is 4. The van der Waals surface area contributed by atoms with E-state index in [9.17, 15) is 15.4 Å². The molecule has 0 fully saturated rings.